The Bertz CT molecular complexity index is 1400. The van der Waals surface area contributed by atoms with E-state index in [1.807, 2.05) is 37.3 Å². The topological polar surface area (TPSA) is 51.0 Å². The summed E-state index contributed by atoms with van der Waals surface area (Å²) in [7, 11) is 0. The van der Waals surface area contributed by atoms with Gasteiger partial charge in [0.2, 0.25) is 5.91 Å². The number of amides is 1. The second-order valence-electron chi connectivity index (χ2n) is 8.98. The fourth-order valence-electron chi connectivity index (χ4n) is 4.82. The Morgan fingerprint density at radius 1 is 0.872 bits per heavy atom. The summed E-state index contributed by atoms with van der Waals surface area (Å²) >= 11 is 8.28. The molecule has 5 nitrogen and oxygen atoms in total. The molecule has 0 atom stereocenters. The van der Waals surface area contributed by atoms with Gasteiger partial charge in [-0.05, 0) is 35.7 Å². The predicted octanol–water partition coefficient (Wildman–Crippen LogP) is 7.39. The summed E-state index contributed by atoms with van der Waals surface area (Å²) in [6.07, 6.45) is 5.55. The zero-order valence-electron chi connectivity index (χ0n) is 21.7. The lowest BCUT2D eigenvalue weighted by molar-refractivity contribution is -0.118. The number of anilines is 1. The highest BCUT2D eigenvalue weighted by Gasteiger charge is 2.37. The van der Waals surface area contributed by atoms with Crippen LogP contribution in [0.15, 0.2) is 122 Å². The van der Waals surface area contributed by atoms with Crippen LogP contribution in [0.5, 0.6) is 0 Å². The summed E-state index contributed by atoms with van der Waals surface area (Å²) in [5.41, 5.74) is 4.90. The average Bonchev–Trinajstić information content (AvgIpc) is 3.38. The van der Waals surface area contributed by atoms with Crippen molar-refractivity contribution < 1.29 is 4.79 Å². The van der Waals surface area contributed by atoms with Gasteiger partial charge in [-0.1, -0.05) is 103 Å². The van der Waals surface area contributed by atoms with Crippen LogP contribution in [0.4, 0.5) is 5.69 Å². The van der Waals surface area contributed by atoms with Crippen LogP contribution in [0.3, 0.4) is 0 Å². The highest BCUT2D eigenvalue weighted by atomic mass is 35.5. The first-order valence-corrected chi connectivity index (χ1v) is 14.3. The van der Waals surface area contributed by atoms with Crippen LogP contribution in [0, 0.1) is 0 Å². The van der Waals surface area contributed by atoms with Crippen molar-refractivity contribution >= 4 is 35.0 Å². The third-order valence-electron chi connectivity index (χ3n) is 6.65. The molecule has 1 amide bonds. The molecule has 0 aliphatic heterocycles. The minimum Gasteiger partial charge on any atom is -0.308 e. The van der Waals surface area contributed by atoms with Crippen LogP contribution >= 0.6 is 23.4 Å². The summed E-state index contributed by atoms with van der Waals surface area (Å²) in [6, 6.07) is 35.3. The van der Waals surface area contributed by atoms with Gasteiger partial charge in [-0.2, -0.15) is 5.10 Å². The van der Waals surface area contributed by atoms with Crippen LogP contribution in [-0.2, 0) is 9.54 Å². The van der Waals surface area contributed by atoms with Gasteiger partial charge in [0.25, 0.3) is 0 Å². The Labute approximate surface area is 238 Å². The molecule has 0 bridgehead atoms. The summed E-state index contributed by atoms with van der Waals surface area (Å²) in [5.74, 6) is 0.614. The van der Waals surface area contributed by atoms with Crippen LogP contribution in [0.2, 0.25) is 5.15 Å². The third kappa shape index (κ3) is 5.63. The first kappa shape index (κ1) is 26.7. The lowest BCUT2D eigenvalue weighted by Gasteiger charge is -2.35. The number of nitrogens with zero attached hydrogens (tertiary/aromatic N) is 4. The van der Waals surface area contributed by atoms with Crippen molar-refractivity contribution in [2.45, 2.75) is 18.1 Å². The zero-order valence-corrected chi connectivity index (χ0v) is 23.2. The molecule has 2 heterocycles. The molecule has 0 fully saturated rings. The maximum Gasteiger partial charge on any atom is 0.227 e. The number of rotatable bonds is 10. The highest BCUT2D eigenvalue weighted by molar-refractivity contribution is 8.00. The number of hydrogen-bond donors (Lipinski definition) is 0. The molecular formula is C32H29ClN4OS. The van der Waals surface area contributed by atoms with Gasteiger partial charge in [-0.3, -0.25) is 9.78 Å². The normalized spacial score (nSPS) is 11.3. The maximum absolute atomic E-state index is 13.6. The van der Waals surface area contributed by atoms with Crippen molar-refractivity contribution in [2.75, 3.05) is 17.2 Å². The number of thioether (sulfide) groups is 1. The molecule has 3 aromatic carbocycles. The van der Waals surface area contributed by atoms with Gasteiger partial charge in [0.1, 0.15) is 5.69 Å². The summed E-state index contributed by atoms with van der Waals surface area (Å²) in [5, 5.41) is 4.70. The van der Waals surface area contributed by atoms with Gasteiger partial charge in [0.15, 0.2) is 5.15 Å². The molecule has 0 spiro atoms. The molecule has 0 saturated carbocycles. The predicted molar refractivity (Wildman–Crippen MR) is 161 cm³/mol. The fourth-order valence-corrected chi connectivity index (χ4v) is 6.55. The monoisotopic (exact) mass is 552 g/mol. The van der Waals surface area contributed by atoms with Crippen molar-refractivity contribution in [3.8, 4) is 5.69 Å². The van der Waals surface area contributed by atoms with Crippen LogP contribution in [0.1, 0.15) is 30.0 Å². The molecule has 0 radical (unpaired) electrons. The molecule has 7 heteroatoms. The molecule has 0 aliphatic rings. The van der Waals surface area contributed by atoms with Crippen molar-refractivity contribution in [3.63, 3.8) is 0 Å². The van der Waals surface area contributed by atoms with Crippen molar-refractivity contribution in [1.29, 1.82) is 0 Å². The molecular weight excluding hydrogens is 524 g/mol. The molecule has 0 aliphatic carbocycles. The Hall–Kier alpha value is -3.87. The van der Waals surface area contributed by atoms with Crippen LogP contribution in [-0.4, -0.2) is 33.0 Å². The lowest BCUT2D eigenvalue weighted by Crippen LogP contribution is -2.32. The van der Waals surface area contributed by atoms with E-state index in [1.165, 1.54) is 16.7 Å². The molecule has 0 saturated heterocycles. The molecule has 0 unspecified atom stereocenters. The van der Waals surface area contributed by atoms with Gasteiger partial charge in [0.05, 0.1) is 22.8 Å². The fraction of sp³-hybridized carbons (Fsp3) is 0.156. The standard InChI is InChI=1S/C32H29ClN4OS/c1-2-36(29-24-37(35-31(29)33)28-19-12-21-34-23-28)30(38)20-22-39-32(25-13-6-3-7-14-25,26-15-8-4-9-16-26)27-17-10-5-11-18-27/h3-19,21,23-24H,2,20,22H2,1H3. The molecule has 0 N–H and O–H groups in total. The highest BCUT2D eigenvalue weighted by Crippen LogP contribution is 2.48. The van der Waals surface area contributed by atoms with Crippen molar-refractivity contribution in [2.24, 2.45) is 0 Å². The lowest BCUT2D eigenvalue weighted by atomic mass is 9.84. The van der Waals surface area contributed by atoms with E-state index in [4.69, 9.17) is 11.6 Å². The van der Waals surface area contributed by atoms with E-state index in [0.29, 0.717) is 24.4 Å². The number of carbonyl (C=O) groups excluding carboxylic acids is 1. The second kappa shape index (κ2) is 12.3. The number of benzene rings is 3. The van der Waals surface area contributed by atoms with Crippen molar-refractivity contribution in [1.82, 2.24) is 14.8 Å². The van der Waals surface area contributed by atoms with Gasteiger partial charge in [-0.25, -0.2) is 4.68 Å². The van der Waals surface area contributed by atoms with E-state index < -0.39 is 4.75 Å². The number of halogens is 1. The number of pyridine rings is 1. The van der Waals surface area contributed by atoms with E-state index in [-0.39, 0.29) is 11.1 Å². The summed E-state index contributed by atoms with van der Waals surface area (Å²) < 4.78 is 1.19. The third-order valence-corrected chi connectivity index (χ3v) is 8.46. The Balaban J connectivity index is 1.43. The molecule has 39 heavy (non-hydrogen) atoms. The van der Waals surface area contributed by atoms with E-state index in [0.717, 1.165) is 5.69 Å². The first-order valence-electron chi connectivity index (χ1n) is 12.9. The molecule has 2 aromatic heterocycles. The average molecular weight is 553 g/mol. The quantitative estimate of drug-likeness (QED) is 0.169. The van der Waals surface area contributed by atoms with E-state index in [1.54, 1.807) is 39.9 Å². The molecule has 196 valence electrons. The Kier molecular flexibility index (Phi) is 8.45. The summed E-state index contributed by atoms with van der Waals surface area (Å²) in [6.45, 7) is 2.44. The number of aromatic nitrogens is 3. The number of hydrogen-bond acceptors (Lipinski definition) is 4. The Morgan fingerprint density at radius 3 is 1.92 bits per heavy atom. The zero-order chi connectivity index (χ0) is 27.1. The minimum atomic E-state index is -0.468. The van der Waals surface area contributed by atoms with Gasteiger partial charge >= 0.3 is 0 Å². The molecule has 5 aromatic rings. The smallest absolute Gasteiger partial charge is 0.227 e. The largest absolute Gasteiger partial charge is 0.308 e. The van der Waals surface area contributed by atoms with Gasteiger partial charge in [0, 0.05) is 24.9 Å². The Morgan fingerprint density at radius 2 is 1.44 bits per heavy atom. The van der Waals surface area contributed by atoms with Crippen LogP contribution in [0.25, 0.3) is 5.69 Å². The SMILES string of the molecule is CCN(C(=O)CCSC(c1ccccc1)(c1ccccc1)c1ccccc1)c1cn(-c2cccnc2)nc1Cl. The first-order chi connectivity index (χ1) is 19.1. The van der Waals surface area contributed by atoms with Crippen LogP contribution < -0.4 is 4.90 Å². The summed E-state index contributed by atoms with van der Waals surface area (Å²) in [4.78, 5) is 19.4. The van der Waals surface area contributed by atoms with E-state index >= 15 is 0 Å². The van der Waals surface area contributed by atoms with Crippen molar-refractivity contribution in [3.05, 3.63) is 144 Å². The van der Waals surface area contributed by atoms with E-state index in [9.17, 15) is 4.79 Å². The minimum absolute atomic E-state index is 0.000668. The number of carbonyl (C=O) groups is 1. The van der Waals surface area contributed by atoms with E-state index in [2.05, 4.69) is 82.9 Å². The molecule has 5 rings (SSSR count). The van der Waals surface area contributed by atoms with Gasteiger partial charge in [-0.15, -0.1) is 11.8 Å². The second-order valence-corrected chi connectivity index (χ2v) is 10.6. The maximum atomic E-state index is 13.6. The van der Waals surface area contributed by atoms with Gasteiger partial charge < -0.3 is 4.90 Å².